The normalized spacial score (nSPS) is 12.7. The van der Waals surface area contributed by atoms with Gasteiger partial charge in [0.25, 0.3) is 0 Å². The number of nitrogens with zero attached hydrogens (tertiary/aromatic N) is 3. The molecule has 0 saturated heterocycles. The molecule has 21 heavy (non-hydrogen) atoms. The molecular formula is C14H14F3N3O. The van der Waals surface area contributed by atoms with E-state index in [0.29, 0.717) is 5.56 Å². The number of aryl methyl sites for hydroxylation is 1. The highest BCUT2D eigenvalue weighted by Crippen LogP contribution is 2.29. The van der Waals surface area contributed by atoms with Gasteiger partial charge in [0.15, 0.2) is 0 Å². The zero-order chi connectivity index (χ0) is 15.5. The van der Waals surface area contributed by atoms with Crippen LogP contribution in [0, 0.1) is 0 Å². The van der Waals surface area contributed by atoms with Crippen LogP contribution in [0.2, 0.25) is 0 Å². The highest BCUT2D eigenvalue weighted by atomic mass is 19.4. The van der Waals surface area contributed by atoms with Crippen molar-refractivity contribution in [1.82, 2.24) is 10.1 Å². The third-order valence-electron chi connectivity index (χ3n) is 3.04. The second-order valence-electron chi connectivity index (χ2n) is 4.58. The number of alkyl halides is 3. The lowest BCUT2D eigenvalue weighted by Crippen LogP contribution is -2.04. The van der Waals surface area contributed by atoms with Crippen molar-refractivity contribution in [1.29, 1.82) is 0 Å². The Morgan fingerprint density at radius 1 is 1.24 bits per heavy atom. The van der Waals surface area contributed by atoms with Gasteiger partial charge in [-0.1, -0.05) is 29.4 Å². The van der Waals surface area contributed by atoms with Crippen LogP contribution in [0.25, 0.3) is 11.4 Å². The zero-order valence-electron chi connectivity index (χ0n) is 11.6. The molecule has 1 aromatic heterocycles. The van der Waals surface area contributed by atoms with Gasteiger partial charge in [-0.05, 0) is 25.3 Å². The average Bonchev–Trinajstić information content (AvgIpc) is 2.95. The molecule has 2 rings (SSSR count). The Morgan fingerprint density at radius 2 is 1.90 bits per heavy atom. The third kappa shape index (κ3) is 3.90. The van der Waals surface area contributed by atoms with Crippen molar-refractivity contribution >= 4 is 5.71 Å². The second-order valence-corrected chi connectivity index (χ2v) is 4.58. The summed E-state index contributed by atoms with van der Waals surface area (Å²) in [5.41, 5.74) is 2.60. The Labute approximate surface area is 119 Å². The molecule has 1 heterocycles. The lowest BCUT2D eigenvalue weighted by Gasteiger charge is -2.02. The zero-order valence-corrected chi connectivity index (χ0v) is 11.6. The van der Waals surface area contributed by atoms with E-state index in [1.165, 1.54) is 0 Å². The van der Waals surface area contributed by atoms with E-state index in [1.807, 2.05) is 19.1 Å². The van der Waals surface area contributed by atoms with Gasteiger partial charge in [-0.3, -0.25) is 4.99 Å². The first-order valence-electron chi connectivity index (χ1n) is 6.32. The first-order valence-corrected chi connectivity index (χ1v) is 6.32. The fourth-order valence-electron chi connectivity index (χ4n) is 1.71. The maximum absolute atomic E-state index is 12.4. The number of hydrogen-bond acceptors (Lipinski definition) is 4. The minimum Gasteiger partial charge on any atom is -0.329 e. The van der Waals surface area contributed by atoms with Gasteiger partial charge in [-0.15, -0.1) is 0 Å². The Hall–Kier alpha value is -2.18. The summed E-state index contributed by atoms with van der Waals surface area (Å²) < 4.78 is 41.4. The summed E-state index contributed by atoms with van der Waals surface area (Å²) in [6.45, 7) is 1.95. The average molecular weight is 297 g/mol. The molecule has 0 aliphatic heterocycles. The molecule has 0 atom stereocenters. The van der Waals surface area contributed by atoms with Crippen LogP contribution < -0.4 is 0 Å². The third-order valence-corrected chi connectivity index (χ3v) is 3.04. The minimum absolute atomic E-state index is 0.0693. The van der Waals surface area contributed by atoms with E-state index in [-0.39, 0.29) is 5.82 Å². The highest BCUT2D eigenvalue weighted by molar-refractivity contribution is 5.81. The summed E-state index contributed by atoms with van der Waals surface area (Å²) >= 11 is 0. The summed E-state index contributed by atoms with van der Waals surface area (Å²) in [6, 6.07) is 7.03. The van der Waals surface area contributed by atoms with E-state index in [4.69, 9.17) is 0 Å². The van der Waals surface area contributed by atoms with Crippen LogP contribution in [-0.4, -0.2) is 22.9 Å². The maximum Gasteiger partial charge on any atom is 0.471 e. The number of rotatable bonds is 4. The van der Waals surface area contributed by atoms with Gasteiger partial charge in [0.1, 0.15) is 0 Å². The van der Waals surface area contributed by atoms with Crippen LogP contribution in [0.15, 0.2) is 33.8 Å². The first-order chi connectivity index (χ1) is 9.90. The Kier molecular flexibility index (Phi) is 4.40. The first kappa shape index (κ1) is 15.2. The fraction of sp³-hybridized carbons (Fsp3) is 0.357. The monoisotopic (exact) mass is 297 g/mol. The smallest absolute Gasteiger partial charge is 0.329 e. The molecule has 7 heteroatoms. The Balaban J connectivity index is 2.10. The molecule has 2 aromatic rings. The standard InChI is InChI=1S/C14H14F3N3O/c1-9(18-2)3-4-10-5-7-11(8-6-10)12-19-13(21-20-12)14(15,16)17/h5-8H,3-4H2,1-2H3. The summed E-state index contributed by atoms with van der Waals surface area (Å²) in [7, 11) is 1.74. The van der Waals surface area contributed by atoms with Gasteiger partial charge in [0.2, 0.25) is 5.82 Å². The van der Waals surface area contributed by atoms with Crippen LogP contribution in [0.5, 0.6) is 0 Å². The van der Waals surface area contributed by atoms with Crippen molar-refractivity contribution in [3.05, 3.63) is 35.7 Å². The topological polar surface area (TPSA) is 51.3 Å². The second kappa shape index (κ2) is 6.07. The molecule has 0 saturated carbocycles. The van der Waals surface area contributed by atoms with E-state index in [2.05, 4.69) is 19.7 Å². The van der Waals surface area contributed by atoms with Crippen LogP contribution in [0.4, 0.5) is 13.2 Å². The molecule has 0 fully saturated rings. The van der Waals surface area contributed by atoms with E-state index >= 15 is 0 Å². The van der Waals surface area contributed by atoms with Crippen molar-refractivity contribution in [3.63, 3.8) is 0 Å². The molecule has 0 unspecified atom stereocenters. The van der Waals surface area contributed by atoms with Crippen LogP contribution in [0.3, 0.4) is 0 Å². The van der Waals surface area contributed by atoms with E-state index in [0.717, 1.165) is 24.1 Å². The van der Waals surface area contributed by atoms with Crippen molar-refractivity contribution in [3.8, 4) is 11.4 Å². The van der Waals surface area contributed by atoms with Gasteiger partial charge >= 0.3 is 12.1 Å². The Bertz CT molecular complexity index is 630. The Morgan fingerprint density at radius 3 is 2.43 bits per heavy atom. The van der Waals surface area contributed by atoms with Crippen molar-refractivity contribution in [2.75, 3.05) is 7.05 Å². The molecule has 0 N–H and O–H groups in total. The molecule has 0 spiro atoms. The number of aliphatic imine (C=N–C) groups is 1. The molecule has 1 aromatic carbocycles. The number of hydrogen-bond donors (Lipinski definition) is 0. The van der Waals surface area contributed by atoms with Gasteiger partial charge < -0.3 is 4.52 Å². The molecule has 0 radical (unpaired) electrons. The quantitative estimate of drug-likeness (QED) is 0.807. The maximum atomic E-state index is 12.4. The molecular weight excluding hydrogens is 283 g/mol. The summed E-state index contributed by atoms with van der Waals surface area (Å²) in [4.78, 5) is 7.42. The van der Waals surface area contributed by atoms with E-state index in [9.17, 15) is 13.2 Å². The molecule has 0 aliphatic carbocycles. The number of aromatic nitrogens is 2. The van der Waals surface area contributed by atoms with Gasteiger partial charge in [-0.2, -0.15) is 18.2 Å². The molecule has 4 nitrogen and oxygen atoms in total. The molecule has 0 amide bonds. The van der Waals surface area contributed by atoms with Crippen molar-refractivity contribution in [2.24, 2.45) is 4.99 Å². The van der Waals surface area contributed by atoms with E-state index < -0.39 is 12.1 Å². The van der Waals surface area contributed by atoms with Crippen LogP contribution in [0.1, 0.15) is 24.8 Å². The number of halogens is 3. The summed E-state index contributed by atoms with van der Waals surface area (Å²) in [5, 5.41) is 3.34. The van der Waals surface area contributed by atoms with Gasteiger partial charge in [0, 0.05) is 18.3 Å². The lowest BCUT2D eigenvalue weighted by atomic mass is 10.1. The fourth-order valence-corrected chi connectivity index (χ4v) is 1.71. The van der Waals surface area contributed by atoms with Gasteiger partial charge in [0.05, 0.1) is 0 Å². The lowest BCUT2D eigenvalue weighted by molar-refractivity contribution is -0.159. The van der Waals surface area contributed by atoms with Crippen LogP contribution >= 0.6 is 0 Å². The molecule has 0 aliphatic rings. The molecule has 112 valence electrons. The summed E-state index contributed by atoms with van der Waals surface area (Å²) in [5.74, 6) is -1.41. The van der Waals surface area contributed by atoms with E-state index in [1.54, 1.807) is 19.2 Å². The SMILES string of the molecule is CN=C(C)CCc1ccc(-c2noc(C(F)(F)F)n2)cc1. The predicted octanol–water partition coefficient (Wildman–Crippen LogP) is 3.78. The molecule has 0 bridgehead atoms. The highest BCUT2D eigenvalue weighted by Gasteiger charge is 2.38. The van der Waals surface area contributed by atoms with Crippen molar-refractivity contribution in [2.45, 2.75) is 25.9 Å². The summed E-state index contributed by atoms with van der Waals surface area (Å²) in [6.07, 6.45) is -2.96. The minimum atomic E-state index is -4.62. The predicted molar refractivity (Wildman–Crippen MR) is 72.1 cm³/mol. The van der Waals surface area contributed by atoms with Crippen molar-refractivity contribution < 1.29 is 17.7 Å². The largest absolute Gasteiger partial charge is 0.471 e. The van der Waals surface area contributed by atoms with Crippen LogP contribution in [-0.2, 0) is 12.6 Å². The number of benzene rings is 1. The van der Waals surface area contributed by atoms with Gasteiger partial charge in [-0.25, -0.2) is 0 Å².